The van der Waals surface area contributed by atoms with Crippen molar-refractivity contribution in [2.75, 3.05) is 13.1 Å². The van der Waals surface area contributed by atoms with E-state index < -0.39 is 0 Å². The maximum Gasteiger partial charge on any atom is 0.223 e. The van der Waals surface area contributed by atoms with Crippen molar-refractivity contribution in [3.63, 3.8) is 0 Å². The van der Waals surface area contributed by atoms with Crippen LogP contribution in [-0.4, -0.2) is 25.0 Å². The van der Waals surface area contributed by atoms with Crippen LogP contribution in [0.1, 0.15) is 58.3 Å². The van der Waals surface area contributed by atoms with Crippen LogP contribution in [0.5, 0.6) is 0 Å². The fraction of sp³-hybridized carbons (Fsp3) is 0.933. The summed E-state index contributed by atoms with van der Waals surface area (Å²) in [7, 11) is 0. The van der Waals surface area contributed by atoms with Crippen LogP contribution in [0.4, 0.5) is 0 Å². The molecule has 1 amide bonds. The number of nitrogens with one attached hydrogen (secondary N) is 2. The van der Waals surface area contributed by atoms with Gasteiger partial charge in [-0.2, -0.15) is 0 Å². The summed E-state index contributed by atoms with van der Waals surface area (Å²) in [5.74, 6) is 1.40. The first-order valence-electron chi connectivity index (χ1n) is 7.77. The molecule has 1 saturated carbocycles. The van der Waals surface area contributed by atoms with Crippen molar-refractivity contribution in [1.82, 2.24) is 10.6 Å². The Morgan fingerprint density at radius 3 is 2.72 bits per heavy atom. The van der Waals surface area contributed by atoms with Crippen LogP contribution in [0.15, 0.2) is 0 Å². The first-order chi connectivity index (χ1) is 8.75. The van der Waals surface area contributed by atoms with E-state index in [2.05, 4.69) is 17.6 Å². The number of rotatable bonds is 4. The third-order valence-electron chi connectivity index (χ3n) is 4.57. The van der Waals surface area contributed by atoms with Gasteiger partial charge >= 0.3 is 0 Å². The van der Waals surface area contributed by atoms with Gasteiger partial charge < -0.3 is 10.6 Å². The maximum atomic E-state index is 12.0. The number of carbonyl (C=O) groups excluding carboxylic acids is 1. The van der Waals surface area contributed by atoms with Crippen molar-refractivity contribution in [2.24, 2.45) is 11.8 Å². The molecular formula is C15H28N2O. The first-order valence-corrected chi connectivity index (χ1v) is 7.77. The van der Waals surface area contributed by atoms with Crippen LogP contribution in [-0.2, 0) is 4.79 Å². The Bertz CT molecular complexity index is 261. The van der Waals surface area contributed by atoms with Gasteiger partial charge in [0.1, 0.15) is 0 Å². The van der Waals surface area contributed by atoms with E-state index in [-0.39, 0.29) is 5.92 Å². The van der Waals surface area contributed by atoms with Crippen molar-refractivity contribution in [3.8, 4) is 0 Å². The summed E-state index contributed by atoms with van der Waals surface area (Å²) in [6, 6.07) is 0.493. The highest BCUT2D eigenvalue weighted by molar-refractivity contribution is 5.78. The molecule has 2 fully saturated rings. The van der Waals surface area contributed by atoms with Gasteiger partial charge in [0.15, 0.2) is 0 Å². The molecule has 2 unspecified atom stereocenters. The Morgan fingerprint density at radius 2 is 2.00 bits per heavy atom. The third kappa shape index (κ3) is 4.27. The van der Waals surface area contributed by atoms with Crippen LogP contribution >= 0.6 is 0 Å². The number of piperidine rings is 1. The van der Waals surface area contributed by atoms with Gasteiger partial charge in [-0.3, -0.25) is 4.79 Å². The standard InChI is InChI=1S/C15H28N2O/c1-12-11-14(8-10-16-12)15(18)17-9-7-13-5-3-2-4-6-13/h12-14,16H,2-11H2,1H3,(H,17,18). The van der Waals surface area contributed by atoms with Crippen LogP contribution in [0.3, 0.4) is 0 Å². The predicted molar refractivity (Wildman–Crippen MR) is 74.4 cm³/mol. The lowest BCUT2D eigenvalue weighted by Gasteiger charge is -2.27. The minimum atomic E-state index is 0.243. The average Bonchev–Trinajstić information content (AvgIpc) is 2.40. The van der Waals surface area contributed by atoms with E-state index in [1.165, 1.54) is 38.5 Å². The molecule has 0 aromatic heterocycles. The van der Waals surface area contributed by atoms with Crippen molar-refractivity contribution in [2.45, 2.75) is 64.3 Å². The van der Waals surface area contributed by atoms with Gasteiger partial charge in [-0.1, -0.05) is 32.1 Å². The second kappa shape index (κ2) is 7.13. The predicted octanol–water partition coefficient (Wildman–Crippen LogP) is 2.46. The van der Waals surface area contributed by atoms with Gasteiger partial charge in [0, 0.05) is 18.5 Å². The molecule has 2 N–H and O–H groups in total. The normalized spacial score (nSPS) is 30.1. The van der Waals surface area contributed by atoms with Crippen molar-refractivity contribution >= 4 is 5.91 Å². The van der Waals surface area contributed by atoms with Gasteiger partial charge in [0.25, 0.3) is 0 Å². The molecule has 2 rings (SSSR count). The van der Waals surface area contributed by atoms with Crippen LogP contribution in [0.2, 0.25) is 0 Å². The average molecular weight is 252 g/mol. The molecule has 1 aliphatic heterocycles. The highest BCUT2D eigenvalue weighted by Gasteiger charge is 2.24. The lowest BCUT2D eigenvalue weighted by molar-refractivity contribution is -0.126. The topological polar surface area (TPSA) is 41.1 Å². The summed E-state index contributed by atoms with van der Waals surface area (Å²) < 4.78 is 0. The number of carbonyl (C=O) groups is 1. The zero-order valence-corrected chi connectivity index (χ0v) is 11.7. The molecule has 0 aromatic carbocycles. The summed E-state index contributed by atoms with van der Waals surface area (Å²) in [6.45, 7) is 4.05. The van der Waals surface area contributed by atoms with Crippen molar-refractivity contribution < 1.29 is 4.79 Å². The largest absolute Gasteiger partial charge is 0.356 e. The highest BCUT2D eigenvalue weighted by atomic mass is 16.1. The summed E-state index contributed by atoms with van der Waals surface area (Å²) >= 11 is 0. The van der Waals surface area contributed by atoms with Crippen LogP contribution in [0, 0.1) is 11.8 Å². The molecule has 2 aliphatic rings. The maximum absolute atomic E-state index is 12.0. The molecule has 0 aromatic rings. The molecule has 1 aliphatic carbocycles. The Hall–Kier alpha value is -0.570. The lowest BCUT2D eigenvalue weighted by atomic mass is 9.87. The number of hydrogen-bond donors (Lipinski definition) is 2. The minimum Gasteiger partial charge on any atom is -0.356 e. The molecule has 3 heteroatoms. The molecule has 104 valence electrons. The van der Waals surface area contributed by atoms with E-state index in [1.54, 1.807) is 0 Å². The first kappa shape index (κ1) is 13.9. The molecule has 1 saturated heterocycles. The minimum absolute atomic E-state index is 0.243. The molecule has 3 nitrogen and oxygen atoms in total. The Balaban J connectivity index is 1.61. The second-order valence-electron chi connectivity index (χ2n) is 6.16. The van der Waals surface area contributed by atoms with Gasteiger partial charge in [-0.15, -0.1) is 0 Å². The summed E-state index contributed by atoms with van der Waals surface area (Å²) in [5, 5.41) is 6.55. The zero-order chi connectivity index (χ0) is 12.8. The monoisotopic (exact) mass is 252 g/mol. The molecule has 0 radical (unpaired) electrons. The van der Waals surface area contributed by atoms with E-state index >= 15 is 0 Å². The van der Waals surface area contributed by atoms with Crippen LogP contribution in [0.25, 0.3) is 0 Å². The molecule has 1 heterocycles. The Labute approximate surface area is 111 Å². The third-order valence-corrected chi connectivity index (χ3v) is 4.57. The summed E-state index contributed by atoms with van der Waals surface area (Å²) in [4.78, 5) is 12.0. The zero-order valence-electron chi connectivity index (χ0n) is 11.7. The number of hydrogen-bond acceptors (Lipinski definition) is 2. The summed E-state index contributed by atoms with van der Waals surface area (Å²) in [6.07, 6.45) is 10.1. The molecule has 0 spiro atoms. The smallest absolute Gasteiger partial charge is 0.223 e. The van der Waals surface area contributed by atoms with Gasteiger partial charge in [-0.25, -0.2) is 0 Å². The SMILES string of the molecule is CC1CC(C(=O)NCCC2CCCCC2)CCN1. The fourth-order valence-electron chi connectivity index (χ4n) is 3.39. The van der Waals surface area contributed by atoms with Crippen molar-refractivity contribution in [3.05, 3.63) is 0 Å². The fourth-order valence-corrected chi connectivity index (χ4v) is 3.39. The van der Waals surface area contributed by atoms with Gasteiger partial charge in [0.2, 0.25) is 5.91 Å². The van der Waals surface area contributed by atoms with Gasteiger partial charge in [0.05, 0.1) is 0 Å². The van der Waals surface area contributed by atoms with Gasteiger partial charge in [-0.05, 0) is 38.6 Å². The quantitative estimate of drug-likeness (QED) is 0.807. The number of amides is 1. The highest BCUT2D eigenvalue weighted by Crippen LogP contribution is 2.25. The van der Waals surface area contributed by atoms with Crippen LogP contribution < -0.4 is 10.6 Å². The molecule has 2 atom stereocenters. The molecule has 18 heavy (non-hydrogen) atoms. The van der Waals surface area contributed by atoms with Crippen molar-refractivity contribution in [1.29, 1.82) is 0 Å². The summed E-state index contributed by atoms with van der Waals surface area (Å²) in [5.41, 5.74) is 0. The van der Waals surface area contributed by atoms with E-state index in [4.69, 9.17) is 0 Å². The van der Waals surface area contributed by atoms with E-state index in [9.17, 15) is 4.79 Å². The van der Waals surface area contributed by atoms with E-state index in [1.807, 2.05) is 0 Å². The van der Waals surface area contributed by atoms with E-state index in [0.717, 1.165) is 31.8 Å². The Morgan fingerprint density at radius 1 is 1.22 bits per heavy atom. The van der Waals surface area contributed by atoms with E-state index in [0.29, 0.717) is 11.9 Å². The Kier molecular flexibility index (Phi) is 5.48. The lowest BCUT2D eigenvalue weighted by Crippen LogP contribution is -2.42. The second-order valence-corrected chi connectivity index (χ2v) is 6.16. The molecule has 0 bridgehead atoms. The molecular weight excluding hydrogens is 224 g/mol.